The third-order valence-corrected chi connectivity index (χ3v) is 5.76. The Labute approximate surface area is 209 Å². The Hall–Kier alpha value is -3.91. The zero-order chi connectivity index (χ0) is 24.6. The number of carbonyl (C=O) groups is 2. The van der Waals surface area contributed by atoms with Crippen molar-refractivity contribution >= 4 is 38.8 Å². The number of para-hydroxylation sites is 1. The predicted molar refractivity (Wildman–Crippen MR) is 135 cm³/mol. The molecule has 178 valence electrons. The first kappa shape index (κ1) is 24.2. The fourth-order valence-electron chi connectivity index (χ4n) is 3.38. The second-order valence-corrected chi connectivity index (χ2v) is 8.47. The molecule has 0 radical (unpaired) electrons. The van der Waals surface area contributed by atoms with Gasteiger partial charge in [0.25, 0.3) is 5.91 Å². The topological polar surface area (TPSA) is 94.8 Å². The number of hydrogen-bond donors (Lipinski definition) is 1. The Bertz CT molecular complexity index is 1400. The minimum absolute atomic E-state index is 0.0713. The normalized spacial score (nSPS) is 10.7. The summed E-state index contributed by atoms with van der Waals surface area (Å²) in [7, 11) is 0. The van der Waals surface area contributed by atoms with Gasteiger partial charge in [0.05, 0.1) is 11.1 Å². The van der Waals surface area contributed by atoms with Crippen molar-refractivity contribution < 1.29 is 23.5 Å². The number of carbonyl (C=O) groups excluding carboxylic acids is 2. The molecule has 0 aliphatic heterocycles. The molecule has 1 aromatic heterocycles. The van der Waals surface area contributed by atoms with E-state index >= 15 is 0 Å². The maximum atomic E-state index is 12.3. The van der Waals surface area contributed by atoms with Gasteiger partial charge in [-0.05, 0) is 57.7 Å². The summed E-state index contributed by atoms with van der Waals surface area (Å²) in [5.41, 5.74) is 1.75. The first-order valence-corrected chi connectivity index (χ1v) is 11.7. The van der Waals surface area contributed by atoms with Gasteiger partial charge in [-0.3, -0.25) is 4.79 Å². The molecule has 1 N–H and O–H groups in total. The second-order valence-electron chi connectivity index (χ2n) is 7.62. The quantitative estimate of drug-likeness (QED) is 0.185. The lowest BCUT2D eigenvalue weighted by Crippen LogP contribution is -2.29. The van der Waals surface area contributed by atoms with Gasteiger partial charge in [0, 0.05) is 11.9 Å². The lowest BCUT2D eigenvalue weighted by molar-refractivity contribution is -0.146. The molecule has 0 aliphatic carbocycles. The molecule has 0 saturated heterocycles. The molecule has 7 nitrogen and oxygen atoms in total. The van der Waals surface area contributed by atoms with Crippen molar-refractivity contribution in [3.63, 3.8) is 0 Å². The maximum absolute atomic E-state index is 12.3. The van der Waals surface area contributed by atoms with Crippen LogP contribution in [0.4, 0.5) is 0 Å². The molecule has 0 atom stereocenters. The van der Waals surface area contributed by atoms with Crippen LogP contribution < -0.4 is 15.7 Å². The minimum Gasteiger partial charge on any atom is -0.481 e. The van der Waals surface area contributed by atoms with Crippen LogP contribution in [0.3, 0.4) is 0 Å². The Morgan fingerprint density at radius 3 is 2.49 bits per heavy atom. The van der Waals surface area contributed by atoms with Crippen molar-refractivity contribution in [2.24, 2.45) is 0 Å². The lowest BCUT2D eigenvalue weighted by Gasteiger charge is -2.10. The zero-order valence-electron chi connectivity index (χ0n) is 18.7. The van der Waals surface area contributed by atoms with Crippen LogP contribution in [0.1, 0.15) is 16.8 Å². The van der Waals surface area contributed by atoms with Gasteiger partial charge in [0.15, 0.2) is 6.61 Å². The molecule has 0 saturated carbocycles. The van der Waals surface area contributed by atoms with E-state index in [1.54, 1.807) is 30.3 Å². The third-order valence-electron chi connectivity index (χ3n) is 5.14. The number of benzene rings is 3. The molecule has 0 fully saturated rings. The van der Waals surface area contributed by atoms with Crippen LogP contribution in [0, 0.1) is 0 Å². The van der Waals surface area contributed by atoms with E-state index in [0.29, 0.717) is 23.1 Å². The van der Waals surface area contributed by atoms with Gasteiger partial charge in [-0.1, -0.05) is 54.6 Å². The average molecular weight is 536 g/mol. The van der Waals surface area contributed by atoms with E-state index in [4.69, 9.17) is 13.9 Å². The Kier molecular flexibility index (Phi) is 7.95. The van der Waals surface area contributed by atoms with Gasteiger partial charge < -0.3 is 19.2 Å². The first-order chi connectivity index (χ1) is 17.0. The van der Waals surface area contributed by atoms with Gasteiger partial charge in [-0.2, -0.15) is 0 Å². The van der Waals surface area contributed by atoms with Gasteiger partial charge in [-0.15, -0.1) is 0 Å². The number of rotatable bonds is 9. The van der Waals surface area contributed by atoms with Crippen LogP contribution in [0.2, 0.25) is 0 Å². The molecular formula is C27H22BrNO6. The van der Waals surface area contributed by atoms with E-state index < -0.39 is 17.5 Å². The van der Waals surface area contributed by atoms with E-state index in [9.17, 15) is 14.4 Å². The molecule has 3 aromatic carbocycles. The standard InChI is InChI=1S/C27H22BrNO6/c28-22-16-19(18-7-2-1-3-8-18)11-12-24(22)34-17-25(30)33-14-6-13-29-26(31)21-15-20-9-4-5-10-23(20)35-27(21)32/h1-5,7-12,15-16H,6,13-14,17H2,(H,29,31). The van der Waals surface area contributed by atoms with E-state index in [0.717, 1.165) is 15.6 Å². The van der Waals surface area contributed by atoms with E-state index in [2.05, 4.69) is 21.2 Å². The molecule has 35 heavy (non-hydrogen) atoms. The highest BCUT2D eigenvalue weighted by molar-refractivity contribution is 9.10. The molecule has 0 unspecified atom stereocenters. The highest BCUT2D eigenvalue weighted by Crippen LogP contribution is 2.30. The Morgan fingerprint density at radius 2 is 1.69 bits per heavy atom. The predicted octanol–water partition coefficient (Wildman–Crippen LogP) is 4.96. The summed E-state index contributed by atoms with van der Waals surface area (Å²) in [6, 6.07) is 24.0. The fourth-order valence-corrected chi connectivity index (χ4v) is 3.88. The summed E-state index contributed by atoms with van der Waals surface area (Å²) in [6.07, 6.45) is 0.381. The number of esters is 1. The highest BCUT2D eigenvalue weighted by Gasteiger charge is 2.13. The lowest BCUT2D eigenvalue weighted by atomic mass is 10.1. The number of amides is 1. The van der Waals surface area contributed by atoms with Crippen molar-refractivity contribution in [1.29, 1.82) is 0 Å². The Balaban J connectivity index is 1.19. The highest BCUT2D eigenvalue weighted by atomic mass is 79.9. The van der Waals surface area contributed by atoms with Crippen molar-refractivity contribution in [3.05, 3.63) is 99.3 Å². The van der Waals surface area contributed by atoms with E-state index in [1.165, 1.54) is 6.07 Å². The van der Waals surface area contributed by atoms with Crippen molar-refractivity contribution in [1.82, 2.24) is 5.32 Å². The second kappa shape index (κ2) is 11.5. The zero-order valence-corrected chi connectivity index (χ0v) is 20.2. The van der Waals surface area contributed by atoms with Crippen LogP contribution in [-0.2, 0) is 9.53 Å². The van der Waals surface area contributed by atoms with Crippen LogP contribution in [-0.4, -0.2) is 31.6 Å². The summed E-state index contributed by atoms with van der Waals surface area (Å²) >= 11 is 3.47. The summed E-state index contributed by atoms with van der Waals surface area (Å²) in [6.45, 7) is 0.0857. The van der Waals surface area contributed by atoms with Crippen molar-refractivity contribution in [2.45, 2.75) is 6.42 Å². The summed E-state index contributed by atoms with van der Waals surface area (Å²) in [5, 5.41) is 3.29. The number of halogens is 1. The van der Waals surface area contributed by atoms with Crippen LogP contribution >= 0.6 is 15.9 Å². The molecule has 4 aromatic rings. The molecule has 0 aliphatic rings. The SMILES string of the molecule is O=C(COc1ccc(-c2ccccc2)cc1Br)OCCCNC(=O)c1cc2ccccc2oc1=O. The van der Waals surface area contributed by atoms with Gasteiger partial charge in [0.2, 0.25) is 0 Å². The molecular weight excluding hydrogens is 514 g/mol. The van der Waals surface area contributed by atoms with Crippen LogP contribution in [0.15, 0.2) is 92.5 Å². The van der Waals surface area contributed by atoms with E-state index in [-0.39, 0.29) is 25.3 Å². The van der Waals surface area contributed by atoms with Gasteiger partial charge in [0.1, 0.15) is 16.9 Å². The average Bonchev–Trinajstić information content (AvgIpc) is 2.87. The number of hydrogen-bond acceptors (Lipinski definition) is 6. The smallest absolute Gasteiger partial charge is 0.349 e. The number of nitrogens with one attached hydrogen (secondary N) is 1. The van der Waals surface area contributed by atoms with Gasteiger partial charge >= 0.3 is 11.6 Å². The summed E-state index contributed by atoms with van der Waals surface area (Å²) < 4.78 is 16.6. The number of ether oxygens (including phenoxy) is 2. The molecule has 4 rings (SSSR count). The molecule has 1 heterocycles. The van der Waals surface area contributed by atoms with E-state index in [1.807, 2.05) is 42.5 Å². The third kappa shape index (κ3) is 6.36. The molecule has 0 bridgehead atoms. The summed E-state index contributed by atoms with van der Waals surface area (Å²) in [5.74, 6) is -0.531. The largest absolute Gasteiger partial charge is 0.481 e. The molecule has 8 heteroatoms. The maximum Gasteiger partial charge on any atom is 0.349 e. The van der Waals surface area contributed by atoms with Crippen LogP contribution in [0.25, 0.3) is 22.1 Å². The molecule has 0 spiro atoms. The molecule has 1 amide bonds. The minimum atomic E-state index is -0.701. The summed E-state index contributed by atoms with van der Waals surface area (Å²) in [4.78, 5) is 36.4. The Morgan fingerprint density at radius 1 is 0.914 bits per heavy atom. The van der Waals surface area contributed by atoms with Crippen molar-refractivity contribution in [2.75, 3.05) is 19.8 Å². The monoisotopic (exact) mass is 535 g/mol. The number of fused-ring (bicyclic) bond motifs is 1. The fraction of sp³-hybridized carbons (Fsp3) is 0.148. The van der Waals surface area contributed by atoms with Gasteiger partial charge in [-0.25, -0.2) is 9.59 Å². The first-order valence-electron chi connectivity index (χ1n) is 11.0. The van der Waals surface area contributed by atoms with Crippen LogP contribution in [0.5, 0.6) is 5.75 Å². The van der Waals surface area contributed by atoms with Crippen molar-refractivity contribution in [3.8, 4) is 16.9 Å².